The van der Waals surface area contributed by atoms with Gasteiger partial charge in [0, 0.05) is 26.2 Å². The number of nitrogens with one attached hydrogen (secondary N) is 1. The second kappa shape index (κ2) is 5.56. The summed E-state index contributed by atoms with van der Waals surface area (Å²) in [4.78, 5) is 13.1. The van der Waals surface area contributed by atoms with Crippen molar-refractivity contribution in [3.63, 3.8) is 0 Å². The predicted octanol–water partition coefficient (Wildman–Crippen LogP) is 2.39. The van der Waals surface area contributed by atoms with Gasteiger partial charge in [0.25, 0.3) is 0 Å². The van der Waals surface area contributed by atoms with Crippen LogP contribution in [0.2, 0.25) is 0 Å². The minimum absolute atomic E-state index is 0.0910. The fourth-order valence-corrected chi connectivity index (χ4v) is 1.95. The largest absolute Gasteiger partial charge is 0.444 e. The van der Waals surface area contributed by atoms with Gasteiger partial charge < -0.3 is 15.0 Å². The Morgan fingerprint density at radius 2 is 1.84 bits per heavy atom. The van der Waals surface area contributed by atoms with Gasteiger partial charge in [0.05, 0.1) is 5.92 Å². The highest BCUT2D eigenvalue weighted by molar-refractivity contribution is 5.68. The highest BCUT2D eigenvalue weighted by Crippen LogP contribution is 2.32. The van der Waals surface area contributed by atoms with Crippen molar-refractivity contribution < 1.29 is 22.7 Å². The molecule has 1 aliphatic heterocycles. The summed E-state index contributed by atoms with van der Waals surface area (Å²) in [5, 5.41) is 2.72. The summed E-state index contributed by atoms with van der Waals surface area (Å²) < 4.78 is 43.2. The lowest BCUT2D eigenvalue weighted by Crippen LogP contribution is -2.53. The van der Waals surface area contributed by atoms with Crippen LogP contribution in [0.1, 0.15) is 27.2 Å². The molecule has 1 N–H and O–H groups in total. The van der Waals surface area contributed by atoms with Crippen LogP contribution in [0.5, 0.6) is 0 Å². The van der Waals surface area contributed by atoms with Crippen LogP contribution in [0.3, 0.4) is 0 Å². The summed E-state index contributed by atoms with van der Waals surface area (Å²) in [5.74, 6) is -1.42. The Kier molecular flexibility index (Phi) is 4.71. The first-order chi connectivity index (χ1) is 8.50. The van der Waals surface area contributed by atoms with Crippen molar-refractivity contribution in [1.82, 2.24) is 10.2 Å². The van der Waals surface area contributed by atoms with Crippen LogP contribution in [-0.4, -0.2) is 48.9 Å². The van der Waals surface area contributed by atoms with E-state index in [4.69, 9.17) is 4.74 Å². The Morgan fingerprint density at radius 1 is 1.26 bits per heavy atom. The fourth-order valence-electron chi connectivity index (χ4n) is 1.95. The number of piperidine rings is 1. The quantitative estimate of drug-likeness (QED) is 0.803. The molecular weight excluding hydrogens is 261 g/mol. The van der Waals surface area contributed by atoms with Gasteiger partial charge in [-0.3, -0.25) is 0 Å². The van der Waals surface area contributed by atoms with Gasteiger partial charge in [0.2, 0.25) is 0 Å². The van der Waals surface area contributed by atoms with Crippen LogP contribution < -0.4 is 5.32 Å². The van der Waals surface area contributed by atoms with Crippen molar-refractivity contribution in [2.75, 3.05) is 20.1 Å². The molecule has 1 fully saturated rings. The zero-order chi connectivity index (χ0) is 14.8. The molecule has 7 heteroatoms. The minimum Gasteiger partial charge on any atom is -0.444 e. The van der Waals surface area contributed by atoms with Crippen molar-refractivity contribution in [3.05, 3.63) is 0 Å². The first kappa shape index (κ1) is 16.1. The maximum absolute atomic E-state index is 12.7. The Bertz CT molecular complexity index is 326. The molecule has 0 aromatic carbocycles. The van der Waals surface area contributed by atoms with E-state index in [9.17, 15) is 18.0 Å². The number of hydrogen-bond donors (Lipinski definition) is 1. The van der Waals surface area contributed by atoms with E-state index in [1.165, 1.54) is 11.9 Å². The average Bonchev–Trinajstić information content (AvgIpc) is 2.24. The molecule has 1 aliphatic rings. The molecule has 0 bridgehead atoms. The Balaban J connectivity index is 2.62. The number of likely N-dealkylation sites (N-methyl/N-ethyl adjacent to an activating group) is 1. The number of halogens is 3. The van der Waals surface area contributed by atoms with Crippen LogP contribution in [0.15, 0.2) is 0 Å². The van der Waals surface area contributed by atoms with Gasteiger partial charge in [-0.1, -0.05) is 0 Å². The van der Waals surface area contributed by atoms with Crippen LogP contribution >= 0.6 is 0 Å². The number of nitrogens with zero attached hydrogens (tertiary/aromatic N) is 1. The number of hydrogen-bond acceptors (Lipinski definition) is 3. The fraction of sp³-hybridized carbons (Fsp3) is 0.917. The smallest absolute Gasteiger partial charge is 0.410 e. The van der Waals surface area contributed by atoms with Crippen molar-refractivity contribution in [2.24, 2.45) is 5.92 Å². The summed E-state index contributed by atoms with van der Waals surface area (Å²) in [6.07, 6.45) is -4.92. The van der Waals surface area contributed by atoms with Gasteiger partial charge in [-0.05, 0) is 27.2 Å². The van der Waals surface area contributed by atoms with Gasteiger partial charge in [-0.15, -0.1) is 0 Å². The summed E-state index contributed by atoms with van der Waals surface area (Å²) in [5.41, 5.74) is -0.656. The molecule has 0 unspecified atom stereocenters. The predicted molar refractivity (Wildman–Crippen MR) is 64.8 cm³/mol. The third-order valence-corrected chi connectivity index (χ3v) is 3.02. The van der Waals surface area contributed by atoms with Crippen LogP contribution in [0.25, 0.3) is 0 Å². The highest BCUT2D eigenvalue weighted by Gasteiger charge is 2.43. The number of amides is 1. The van der Waals surface area contributed by atoms with E-state index in [2.05, 4.69) is 5.32 Å². The van der Waals surface area contributed by atoms with E-state index in [-0.39, 0.29) is 13.0 Å². The minimum atomic E-state index is -4.24. The van der Waals surface area contributed by atoms with E-state index < -0.39 is 29.8 Å². The SMILES string of the molecule is CN(C(=O)OC(C)(C)C)[C@@H]1CNC[C@H](C(F)(F)F)C1. The Hall–Kier alpha value is -0.980. The van der Waals surface area contributed by atoms with E-state index in [1.54, 1.807) is 20.8 Å². The molecular formula is C12H21F3N2O2. The van der Waals surface area contributed by atoms with Gasteiger partial charge >= 0.3 is 12.3 Å². The maximum atomic E-state index is 12.7. The van der Waals surface area contributed by atoms with E-state index in [0.717, 1.165) is 0 Å². The molecule has 0 aromatic heterocycles. The Labute approximate surface area is 111 Å². The molecule has 0 radical (unpaired) electrons. The molecule has 4 nitrogen and oxygen atoms in total. The lowest BCUT2D eigenvalue weighted by atomic mass is 9.94. The monoisotopic (exact) mass is 282 g/mol. The van der Waals surface area contributed by atoms with Gasteiger partial charge in [0.1, 0.15) is 5.60 Å². The molecule has 1 saturated heterocycles. The van der Waals surface area contributed by atoms with E-state index in [0.29, 0.717) is 6.54 Å². The molecule has 0 aliphatic carbocycles. The third kappa shape index (κ3) is 4.89. The standard InChI is InChI=1S/C12H21F3N2O2/c1-11(2,3)19-10(18)17(4)9-5-8(6-16-7-9)12(13,14)15/h8-9,16H,5-7H2,1-4H3/t8-,9+/m1/s1. The molecule has 112 valence electrons. The van der Waals surface area contributed by atoms with Crippen molar-refractivity contribution in [3.8, 4) is 0 Å². The van der Waals surface area contributed by atoms with Crippen molar-refractivity contribution in [2.45, 2.75) is 45.0 Å². The van der Waals surface area contributed by atoms with Gasteiger partial charge in [-0.25, -0.2) is 4.79 Å². The van der Waals surface area contributed by atoms with Crippen molar-refractivity contribution in [1.29, 1.82) is 0 Å². The first-order valence-corrected chi connectivity index (χ1v) is 6.24. The molecule has 1 heterocycles. The molecule has 19 heavy (non-hydrogen) atoms. The highest BCUT2D eigenvalue weighted by atomic mass is 19.4. The molecule has 1 amide bonds. The summed E-state index contributed by atoms with van der Waals surface area (Å²) in [7, 11) is 1.47. The molecule has 2 atom stereocenters. The summed E-state index contributed by atoms with van der Waals surface area (Å²) in [6, 6.07) is -0.504. The molecule has 0 spiro atoms. The lowest BCUT2D eigenvalue weighted by Gasteiger charge is -2.37. The first-order valence-electron chi connectivity index (χ1n) is 6.24. The second-order valence-corrected chi connectivity index (χ2v) is 5.88. The number of carbonyl (C=O) groups excluding carboxylic acids is 1. The van der Waals surface area contributed by atoms with Crippen LogP contribution in [0, 0.1) is 5.92 Å². The molecule has 0 aromatic rings. The lowest BCUT2D eigenvalue weighted by molar-refractivity contribution is -0.182. The maximum Gasteiger partial charge on any atom is 0.410 e. The number of ether oxygens (including phenoxy) is 1. The molecule has 1 rings (SSSR count). The zero-order valence-electron chi connectivity index (χ0n) is 11.7. The topological polar surface area (TPSA) is 41.6 Å². The summed E-state index contributed by atoms with van der Waals surface area (Å²) in [6.45, 7) is 5.41. The molecule has 0 saturated carbocycles. The normalized spacial score (nSPS) is 25.0. The van der Waals surface area contributed by atoms with Gasteiger partial charge in [-0.2, -0.15) is 13.2 Å². The van der Waals surface area contributed by atoms with E-state index >= 15 is 0 Å². The number of rotatable bonds is 1. The average molecular weight is 282 g/mol. The van der Waals surface area contributed by atoms with Gasteiger partial charge in [0.15, 0.2) is 0 Å². The zero-order valence-corrected chi connectivity index (χ0v) is 11.7. The Morgan fingerprint density at radius 3 is 2.32 bits per heavy atom. The second-order valence-electron chi connectivity index (χ2n) is 5.88. The van der Waals surface area contributed by atoms with Crippen LogP contribution in [0.4, 0.5) is 18.0 Å². The third-order valence-electron chi connectivity index (χ3n) is 3.02. The number of carbonyl (C=O) groups is 1. The van der Waals surface area contributed by atoms with Crippen molar-refractivity contribution >= 4 is 6.09 Å². The summed E-state index contributed by atoms with van der Waals surface area (Å²) >= 11 is 0. The van der Waals surface area contributed by atoms with E-state index in [1.807, 2.05) is 0 Å². The van der Waals surface area contributed by atoms with Crippen LogP contribution in [-0.2, 0) is 4.74 Å². The number of alkyl halides is 3.